The second kappa shape index (κ2) is 4.91. The highest BCUT2D eigenvalue weighted by atomic mass is 79.9. The molecule has 2 aromatic rings. The summed E-state index contributed by atoms with van der Waals surface area (Å²) >= 11 is 3.38. The molecule has 0 saturated carbocycles. The molecule has 0 aliphatic rings. The van der Waals surface area contributed by atoms with Gasteiger partial charge < -0.3 is 0 Å². The predicted molar refractivity (Wildman–Crippen MR) is 72.4 cm³/mol. The van der Waals surface area contributed by atoms with Crippen LogP contribution in [0.15, 0.2) is 28.7 Å². The Kier molecular flexibility index (Phi) is 3.49. The lowest BCUT2D eigenvalue weighted by Crippen LogP contribution is -2.30. The first-order valence-electron chi connectivity index (χ1n) is 5.37. The molecule has 0 atom stereocenters. The highest BCUT2D eigenvalue weighted by molar-refractivity contribution is 9.10. The molecule has 0 bridgehead atoms. The van der Waals surface area contributed by atoms with Crippen LogP contribution < -0.4 is 11.3 Å². The van der Waals surface area contributed by atoms with Gasteiger partial charge >= 0.3 is 0 Å². The van der Waals surface area contributed by atoms with Gasteiger partial charge in [0.05, 0.1) is 22.6 Å². The van der Waals surface area contributed by atoms with Gasteiger partial charge in [-0.05, 0) is 38.1 Å². The van der Waals surface area contributed by atoms with Crippen LogP contribution in [0.1, 0.15) is 21.7 Å². The highest BCUT2D eigenvalue weighted by Gasteiger charge is 2.18. The van der Waals surface area contributed by atoms with Crippen molar-refractivity contribution in [2.75, 3.05) is 0 Å². The number of hydrogen-bond acceptors (Lipinski definition) is 3. The van der Waals surface area contributed by atoms with Gasteiger partial charge in [0.2, 0.25) is 0 Å². The van der Waals surface area contributed by atoms with Gasteiger partial charge in [-0.15, -0.1) is 0 Å². The van der Waals surface area contributed by atoms with E-state index < -0.39 is 0 Å². The molecule has 0 aliphatic carbocycles. The summed E-state index contributed by atoms with van der Waals surface area (Å²) in [6, 6.07) is 7.70. The number of hydrazine groups is 1. The van der Waals surface area contributed by atoms with E-state index in [9.17, 15) is 4.79 Å². The van der Waals surface area contributed by atoms with Gasteiger partial charge in [0.1, 0.15) is 0 Å². The first kappa shape index (κ1) is 12.8. The third-order valence-electron chi connectivity index (χ3n) is 2.72. The number of nitrogens with one attached hydrogen (secondary N) is 1. The van der Waals surface area contributed by atoms with E-state index >= 15 is 0 Å². The van der Waals surface area contributed by atoms with Crippen molar-refractivity contribution in [1.29, 1.82) is 0 Å². The van der Waals surface area contributed by atoms with E-state index in [1.807, 2.05) is 31.2 Å². The molecule has 0 unspecified atom stereocenters. The standard InChI is InChI=1S/C12H13BrN4O/c1-7-11(12(18)15-14)8(2)17(16-7)10-5-3-9(13)4-6-10/h3-6H,14H2,1-2H3,(H,15,18). The fraction of sp³-hybridized carbons (Fsp3) is 0.167. The van der Waals surface area contributed by atoms with Crippen LogP contribution in [0.4, 0.5) is 0 Å². The van der Waals surface area contributed by atoms with E-state index in [0.717, 1.165) is 15.9 Å². The SMILES string of the molecule is Cc1nn(-c2ccc(Br)cc2)c(C)c1C(=O)NN. The minimum Gasteiger partial charge on any atom is -0.290 e. The van der Waals surface area contributed by atoms with Gasteiger partial charge in [-0.3, -0.25) is 10.2 Å². The maximum absolute atomic E-state index is 11.7. The van der Waals surface area contributed by atoms with Crippen LogP contribution in [0.3, 0.4) is 0 Å². The number of halogens is 1. The minimum atomic E-state index is -0.326. The molecule has 5 nitrogen and oxygen atoms in total. The van der Waals surface area contributed by atoms with E-state index in [0.29, 0.717) is 11.3 Å². The summed E-state index contributed by atoms with van der Waals surface area (Å²) in [4.78, 5) is 11.7. The number of carbonyl (C=O) groups is 1. The summed E-state index contributed by atoms with van der Waals surface area (Å²) in [5.41, 5.74) is 4.96. The van der Waals surface area contributed by atoms with E-state index in [1.165, 1.54) is 0 Å². The van der Waals surface area contributed by atoms with Crippen molar-refractivity contribution in [2.45, 2.75) is 13.8 Å². The van der Waals surface area contributed by atoms with Crippen LogP contribution in [-0.4, -0.2) is 15.7 Å². The molecule has 1 aromatic carbocycles. The molecule has 0 saturated heterocycles. The number of nitrogens with two attached hydrogens (primary N) is 1. The van der Waals surface area contributed by atoms with Gasteiger partial charge in [-0.25, -0.2) is 10.5 Å². The molecule has 1 amide bonds. The number of carbonyl (C=O) groups excluding carboxylic acids is 1. The number of benzene rings is 1. The van der Waals surface area contributed by atoms with Gasteiger partial charge in [0.25, 0.3) is 5.91 Å². The Morgan fingerprint density at radius 3 is 2.50 bits per heavy atom. The van der Waals surface area contributed by atoms with Crippen LogP contribution in [0.2, 0.25) is 0 Å². The van der Waals surface area contributed by atoms with Crippen molar-refractivity contribution in [3.05, 3.63) is 45.7 Å². The number of nitrogens with zero attached hydrogens (tertiary/aromatic N) is 2. The molecular weight excluding hydrogens is 296 g/mol. The Morgan fingerprint density at radius 1 is 1.33 bits per heavy atom. The zero-order chi connectivity index (χ0) is 13.3. The van der Waals surface area contributed by atoms with Crippen molar-refractivity contribution in [1.82, 2.24) is 15.2 Å². The molecule has 0 spiro atoms. The van der Waals surface area contributed by atoms with Crippen LogP contribution in [-0.2, 0) is 0 Å². The van der Waals surface area contributed by atoms with Gasteiger partial charge in [-0.1, -0.05) is 15.9 Å². The zero-order valence-electron chi connectivity index (χ0n) is 10.1. The number of aryl methyl sites for hydroxylation is 1. The van der Waals surface area contributed by atoms with Crippen molar-refractivity contribution in [3.8, 4) is 5.69 Å². The molecule has 0 fully saturated rings. The quantitative estimate of drug-likeness (QED) is 0.505. The van der Waals surface area contributed by atoms with Crippen LogP contribution in [0.5, 0.6) is 0 Å². The number of aromatic nitrogens is 2. The lowest BCUT2D eigenvalue weighted by Gasteiger charge is -2.05. The molecule has 3 N–H and O–H groups in total. The zero-order valence-corrected chi connectivity index (χ0v) is 11.7. The Bertz CT molecular complexity index is 589. The van der Waals surface area contributed by atoms with E-state index in [1.54, 1.807) is 11.6 Å². The average molecular weight is 309 g/mol. The first-order valence-corrected chi connectivity index (χ1v) is 6.17. The summed E-state index contributed by atoms with van der Waals surface area (Å²) in [6.07, 6.45) is 0. The Morgan fingerprint density at radius 2 is 1.94 bits per heavy atom. The number of amides is 1. The summed E-state index contributed by atoms with van der Waals surface area (Å²) in [5, 5.41) is 4.36. The second-order valence-corrected chi connectivity index (χ2v) is 4.82. The maximum atomic E-state index is 11.7. The second-order valence-electron chi connectivity index (χ2n) is 3.91. The van der Waals surface area contributed by atoms with Gasteiger partial charge in [0.15, 0.2) is 0 Å². The fourth-order valence-electron chi connectivity index (χ4n) is 1.88. The Labute approximate surface area is 113 Å². The molecule has 94 valence electrons. The molecule has 1 aromatic heterocycles. The molecule has 6 heteroatoms. The van der Waals surface area contributed by atoms with E-state index in [-0.39, 0.29) is 5.91 Å². The van der Waals surface area contributed by atoms with Gasteiger partial charge in [0, 0.05) is 4.47 Å². The van der Waals surface area contributed by atoms with Crippen LogP contribution in [0, 0.1) is 13.8 Å². The minimum absolute atomic E-state index is 0.326. The maximum Gasteiger partial charge on any atom is 0.268 e. The van der Waals surface area contributed by atoms with Crippen LogP contribution in [0.25, 0.3) is 5.69 Å². The Hall–Kier alpha value is -1.66. The third kappa shape index (κ3) is 2.16. The molecule has 2 rings (SSSR count). The third-order valence-corrected chi connectivity index (χ3v) is 3.25. The normalized spacial score (nSPS) is 10.4. The first-order chi connectivity index (χ1) is 8.54. The fourth-order valence-corrected chi connectivity index (χ4v) is 2.14. The lowest BCUT2D eigenvalue weighted by molar-refractivity contribution is 0.0952. The topological polar surface area (TPSA) is 72.9 Å². The van der Waals surface area contributed by atoms with Crippen molar-refractivity contribution >= 4 is 21.8 Å². The number of hydrogen-bond donors (Lipinski definition) is 2. The molecular formula is C12H13BrN4O. The van der Waals surface area contributed by atoms with Crippen molar-refractivity contribution in [3.63, 3.8) is 0 Å². The number of rotatable bonds is 2. The van der Waals surface area contributed by atoms with Crippen molar-refractivity contribution < 1.29 is 4.79 Å². The molecule has 1 heterocycles. The summed E-state index contributed by atoms with van der Waals surface area (Å²) in [5.74, 6) is 4.84. The Balaban J connectivity index is 2.53. The largest absolute Gasteiger partial charge is 0.290 e. The van der Waals surface area contributed by atoms with E-state index in [4.69, 9.17) is 5.84 Å². The lowest BCUT2D eigenvalue weighted by atomic mass is 10.2. The smallest absolute Gasteiger partial charge is 0.268 e. The summed E-state index contributed by atoms with van der Waals surface area (Å²) in [7, 11) is 0. The van der Waals surface area contributed by atoms with E-state index in [2.05, 4.69) is 26.5 Å². The monoisotopic (exact) mass is 308 g/mol. The molecule has 0 aliphatic heterocycles. The van der Waals surface area contributed by atoms with Gasteiger partial charge in [-0.2, -0.15) is 5.10 Å². The van der Waals surface area contributed by atoms with Crippen molar-refractivity contribution in [2.24, 2.45) is 5.84 Å². The van der Waals surface area contributed by atoms with Crippen LogP contribution >= 0.6 is 15.9 Å². The molecule has 18 heavy (non-hydrogen) atoms. The summed E-state index contributed by atoms with van der Waals surface area (Å²) in [6.45, 7) is 3.62. The highest BCUT2D eigenvalue weighted by Crippen LogP contribution is 2.19. The summed E-state index contributed by atoms with van der Waals surface area (Å²) < 4.78 is 2.72. The predicted octanol–water partition coefficient (Wildman–Crippen LogP) is 1.86. The number of nitrogen functional groups attached to an aromatic ring is 1. The average Bonchev–Trinajstić information content (AvgIpc) is 2.65. The molecule has 0 radical (unpaired) electrons.